The number of aromatic nitrogens is 5. The first-order chi connectivity index (χ1) is 33.8. The van der Waals surface area contributed by atoms with Crippen LogP contribution in [0.2, 0.25) is 0 Å². The lowest BCUT2D eigenvalue weighted by molar-refractivity contribution is -0.671. The number of aliphatic hydroxyl groups is 1. The molecule has 9 rings (SSSR count). The number of halogens is 1. The summed E-state index contributed by atoms with van der Waals surface area (Å²) in [4.78, 5) is 86.4. The molecule has 0 radical (unpaired) electrons. The van der Waals surface area contributed by atoms with E-state index < -0.39 is 52.5 Å². The normalized spacial score (nSPS) is 19.2. The van der Waals surface area contributed by atoms with Crippen molar-refractivity contribution in [3.8, 4) is 11.3 Å². The molecule has 2 amide bonds. The fraction of sp³-hybridized carbons (Fsp3) is 0.435. The summed E-state index contributed by atoms with van der Waals surface area (Å²) < 4.78 is 35.7. The summed E-state index contributed by atoms with van der Waals surface area (Å²) in [6.07, 6.45) is 8.56. The Bertz CT molecular complexity index is 2970. The highest BCUT2D eigenvalue weighted by Crippen LogP contribution is 2.46. The summed E-state index contributed by atoms with van der Waals surface area (Å²) in [7, 11) is 1.92. The molecule has 4 aromatic heterocycles. The minimum absolute atomic E-state index is 0.0107. The number of thiazole rings is 1. The molecule has 19 nitrogen and oxygen atoms in total. The highest BCUT2D eigenvalue weighted by atomic mass is 32.2. The highest BCUT2D eigenvalue weighted by Gasteiger charge is 2.55. The van der Waals surface area contributed by atoms with E-state index in [1.165, 1.54) is 52.0 Å². The van der Waals surface area contributed by atoms with Crippen LogP contribution < -0.4 is 25.9 Å². The molecule has 1 aromatic carbocycles. The Morgan fingerprint density at radius 2 is 1.81 bits per heavy atom. The van der Waals surface area contributed by atoms with Gasteiger partial charge in [-0.3, -0.25) is 19.3 Å². The third kappa shape index (κ3) is 10.0. The van der Waals surface area contributed by atoms with Crippen LogP contribution in [0.1, 0.15) is 80.2 Å². The van der Waals surface area contributed by atoms with Gasteiger partial charge in [0.05, 0.1) is 36.2 Å². The van der Waals surface area contributed by atoms with E-state index in [0.29, 0.717) is 84.2 Å². The number of fused-ring (bicyclic) bond motifs is 1. The predicted octanol–water partition coefficient (Wildman–Crippen LogP) is 4.71. The van der Waals surface area contributed by atoms with Gasteiger partial charge in [0.25, 0.3) is 11.8 Å². The number of amides is 2. The van der Waals surface area contributed by atoms with Crippen LogP contribution in [0.5, 0.6) is 0 Å². The number of nitrogen functional groups attached to an aromatic ring is 1. The number of benzene rings is 1. The van der Waals surface area contributed by atoms with E-state index in [1.807, 2.05) is 57.9 Å². The number of nitrogens with one attached hydrogen (secondary N) is 1. The molecule has 0 bridgehead atoms. The number of aryl methyl sites for hydroxylation is 2. The first-order valence-corrected chi connectivity index (χ1v) is 26.4. The maximum absolute atomic E-state index is 15.9. The van der Waals surface area contributed by atoms with E-state index in [2.05, 4.69) is 19.8 Å². The monoisotopic (exact) mass is 1030 g/mol. The smallest absolute Gasteiger partial charge is 0.355 e. The van der Waals surface area contributed by atoms with E-state index >= 15 is 4.39 Å². The quantitative estimate of drug-likeness (QED) is 0.0286. The number of nitrogens with zero attached hydrogens (tertiary/aromatic N) is 8. The number of unbranched alkanes of at least 4 members (excludes halogenated alkanes) is 2. The number of piperidine rings is 1. The van der Waals surface area contributed by atoms with Gasteiger partial charge in [0, 0.05) is 81.5 Å². The molecule has 0 aliphatic carbocycles. The number of esters is 2. The van der Waals surface area contributed by atoms with Gasteiger partial charge >= 0.3 is 11.9 Å². The van der Waals surface area contributed by atoms with Crippen molar-refractivity contribution in [1.29, 1.82) is 0 Å². The van der Waals surface area contributed by atoms with Crippen molar-refractivity contribution in [2.24, 2.45) is 12.2 Å². The van der Waals surface area contributed by atoms with Gasteiger partial charge in [-0.2, -0.15) is 9.36 Å². The molecule has 2 unspecified atom stereocenters. The molecule has 2 saturated heterocycles. The van der Waals surface area contributed by atoms with Crippen molar-refractivity contribution in [2.75, 3.05) is 49.3 Å². The molecule has 3 atom stereocenters. The molecule has 4 N–H and O–H groups in total. The molecule has 368 valence electrons. The van der Waals surface area contributed by atoms with Crippen LogP contribution in [0.25, 0.3) is 22.2 Å². The number of rotatable bonds is 17. The molecule has 2 fully saturated rings. The summed E-state index contributed by atoms with van der Waals surface area (Å²) in [6.45, 7) is 4.83. The van der Waals surface area contributed by atoms with Crippen molar-refractivity contribution in [3.05, 3.63) is 85.8 Å². The Labute approximate surface area is 417 Å². The number of carbonyl (C=O) groups excluding carboxylic acids is 4. The Hall–Kier alpha value is -5.95. The first-order valence-electron chi connectivity index (χ1n) is 22.9. The average Bonchev–Trinajstić information content (AvgIpc) is 4.01. The summed E-state index contributed by atoms with van der Waals surface area (Å²) in [5, 5.41) is 18.2. The minimum atomic E-state index is -1.02. The van der Waals surface area contributed by atoms with Crippen LogP contribution in [0, 0.1) is 5.82 Å². The Morgan fingerprint density at radius 1 is 1.07 bits per heavy atom. The van der Waals surface area contributed by atoms with Crippen molar-refractivity contribution in [2.45, 2.75) is 86.7 Å². The first kappa shape index (κ1) is 49.0. The van der Waals surface area contributed by atoms with E-state index in [9.17, 15) is 29.1 Å². The van der Waals surface area contributed by atoms with Crippen LogP contribution in [-0.4, -0.2) is 115 Å². The largest absolute Gasteiger partial charge is 0.462 e. The van der Waals surface area contributed by atoms with Crippen LogP contribution in [0.4, 0.5) is 15.2 Å². The molecule has 8 heterocycles. The second kappa shape index (κ2) is 21.2. The number of aliphatic hydroxyl groups excluding tert-OH is 1. The third-order valence-electron chi connectivity index (χ3n) is 12.4. The van der Waals surface area contributed by atoms with Crippen LogP contribution in [-0.2, 0) is 42.2 Å². The molecule has 0 spiro atoms. The second-order valence-electron chi connectivity index (χ2n) is 17.1. The third-order valence-corrected chi connectivity index (χ3v) is 16.4. The number of ether oxygens (including phenoxy) is 2. The SMILES string of the molecule is CCO/N=C(/C(=O)N[C@@H]1C(=O)N2C(C(=O)OCCCCCOC(=O)c3cn4c5c(c(N6CCC(O)CC6)c(F)cc5c3=O)CCC4C)=C(Sc3nc(-c4cc[n+](C)cc4)cs3)CSC12)c1nsc(N)n1. The standard InChI is InChI=1S/C46H49FN10O9S4/c1-4-66-52-33(39-51-45(48)70-53-39)40(60)50-34-41(61)57-37(32(23-67-42(34)57)69-46-49-31(22-68-46)25-10-14-54(3)15-11-25)44(63)65-19-7-5-6-18-64-43(62)29-21-56-24(2)8-9-27-35(56)28(38(29)59)20-30(47)36(27)55-16-12-26(58)13-17-55/h10-11,14-15,20-22,24,26,34,42,58H,4-9,12-13,16-19,23H2,1-3H3,(H2-,48,50,51,53,60)/p+1/b52-33+/t24?,34-,42?/m1/s1. The molecule has 5 aromatic rings. The topological polar surface area (TPSA) is 238 Å². The van der Waals surface area contributed by atoms with Crippen molar-refractivity contribution in [3.63, 3.8) is 0 Å². The average molecular weight is 1030 g/mol. The summed E-state index contributed by atoms with van der Waals surface area (Å²) in [5.74, 6) is -3.08. The van der Waals surface area contributed by atoms with Crippen molar-refractivity contribution in [1.82, 2.24) is 29.1 Å². The number of β-lactam (4-membered cyclic amide) rings is 1. The van der Waals surface area contributed by atoms with E-state index in [4.69, 9.17) is 25.0 Å². The molecule has 70 heavy (non-hydrogen) atoms. The Kier molecular flexibility index (Phi) is 14.8. The predicted molar refractivity (Wildman–Crippen MR) is 263 cm³/mol. The maximum Gasteiger partial charge on any atom is 0.355 e. The minimum Gasteiger partial charge on any atom is -0.462 e. The maximum atomic E-state index is 15.9. The van der Waals surface area contributed by atoms with Gasteiger partial charge in [0.2, 0.25) is 17.0 Å². The highest BCUT2D eigenvalue weighted by molar-refractivity contribution is 8.07. The van der Waals surface area contributed by atoms with Crippen molar-refractivity contribution >= 4 is 97.6 Å². The number of thioether (sulfide) groups is 2. The number of hydrogen-bond donors (Lipinski definition) is 3. The number of hydrogen-bond acceptors (Lipinski definition) is 19. The molecular weight excluding hydrogens is 984 g/mol. The van der Waals surface area contributed by atoms with E-state index in [0.717, 1.165) is 28.4 Å². The summed E-state index contributed by atoms with van der Waals surface area (Å²) in [5.41, 5.74) is 8.29. The van der Waals surface area contributed by atoms with Crippen molar-refractivity contribution < 1.29 is 47.6 Å². The number of nitrogens with two attached hydrogens (primary N) is 1. The summed E-state index contributed by atoms with van der Waals surface area (Å²) in [6, 6.07) is 4.06. The van der Waals surface area contributed by atoms with E-state index in [-0.39, 0.29) is 59.2 Å². The summed E-state index contributed by atoms with van der Waals surface area (Å²) >= 11 is 4.92. The molecule has 0 saturated carbocycles. The van der Waals surface area contributed by atoms with Gasteiger partial charge in [0.1, 0.15) is 42.1 Å². The van der Waals surface area contributed by atoms with Crippen LogP contribution in [0.3, 0.4) is 0 Å². The number of pyridine rings is 2. The lowest BCUT2D eigenvalue weighted by atomic mass is 9.93. The molecule has 24 heteroatoms. The van der Waals surface area contributed by atoms with Gasteiger partial charge in [-0.25, -0.2) is 23.5 Å². The fourth-order valence-electron chi connectivity index (χ4n) is 8.79. The zero-order valence-electron chi connectivity index (χ0n) is 38.4. The van der Waals surface area contributed by atoms with Gasteiger partial charge < -0.3 is 39.9 Å². The van der Waals surface area contributed by atoms with Crippen LogP contribution in [0.15, 0.2) is 67.1 Å². The van der Waals surface area contributed by atoms with Gasteiger partial charge in [-0.1, -0.05) is 16.9 Å². The Balaban J connectivity index is 0.842. The molecule has 4 aliphatic heterocycles. The second-order valence-corrected chi connectivity index (χ2v) is 21.2. The lowest BCUT2D eigenvalue weighted by Crippen LogP contribution is -2.71. The van der Waals surface area contributed by atoms with Gasteiger partial charge in [0.15, 0.2) is 21.9 Å². The molecular formula is C46H50FN10O9S4+. The Morgan fingerprint density at radius 3 is 2.53 bits per heavy atom. The number of oxime groups is 1. The number of anilines is 2. The zero-order valence-corrected chi connectivity index (χ0v) is 41.7. The zero-order chi connectivity index (χ0) is 49.2. The van der Waals surface area contributed by atoms with Gasteiger partial charge in [-0.15, -0.1) is 23.1 Å². The molecule has 4 aliphatic rings. The van der Waals surface area contributed by atoms with Crippen LogP contribution >= 0.6 is 46.4 Å². The fourth-order valence-corrected chi connectivity index (χ4v) is 12.7. The van der Waals surface area contributed by atoms with Gasteiger partial charge in [-0.05, 0) is 64.9 Å². The number of carbonyl (C=O) groups is 4. The lowest BCUT2D eigenvalue weighted by Gasteiger charge is -2.49. The van der Waals surface area contributed by atoms with E-state index in [1.54, 1.807) is 6.92 Å².